The van der Waals surface area contributed by atoms with E-state index in [9.17, 15) is 9.59 Å². The van der Waals surface area contributed by atoms with Crippen molar-refractivity contribution in [2.75, 3.05) is 7.11 Å². The number of nitrogens with one attached hydrogen (secondary N) is 1. The Morgan fingerprint density at radius 2 is 2.07 bits per heavy atom. The van der Waals surface area contributed by atoms with Crippen LogP contribution in [-0.4, -0.2) is 19.0 Å². The first kappa shape index (κ1) is 13.2. The third kappa shape index (κ3) is 5.53. The highest BCUT2D eigenvalue weighted by molar-refractivity contribution is 6.33. The van der Waals surface area contributed by atoms with Gasteiger partial charge in [-0.1, -0.05) is 18.2 Å². The van der Waals surface area contributed by atoms with Crippen LogP contribution in [0, 0.1) is 0 Å². The number of amides is 1. The molecular formula is C9H11ClN2O3. The lowest BCUT2D eigenvalue weighted by molar-refractivity contribution is -0.152. The Hall–Kier alpha value is -1.75. The molecule has 0 heterocycles. The Bertz CT molecular complexity index is 334. The predicted molar refractivity (Wildman–Crippen MR) is 56.6 cm³/mol. The summed E-state index contributed by atoms with van der Waals surface area (Å²) < 4.78 is 4.19. The highest BCUT2D eigenvalue weighted by Crippen LogP contribution is 2.01. The van der Waals surface area contributed by atoms with Gasteiger partial charge in [0.1, 0.15) is 0 Å². The fraction of sp³-hybridized carbons (Fsp3) is 0.111. The fourth-order valence-corrected chi connectivity index (χ4v) is 0.630. The number of methoxy groups -OCH3 is 1. The SMILES string of the molecule is C=C(/C=C\C(Cl)=C/N)NC(=O)C(=O)OC. The first-order valence-corrected chi connectivity index (χ1v) is 4.22. The van der Waals surface area contributed by atoms with E-state index in [1.54, 1.807) is 0 Å². The minimum absolute atomic E-state index is 0.199. The second-order valence-electron chi connectivity index (χ2n) is 2.36. The summed E-state index contributed by atoms with van der Waals surface area (Å²) in [6.45, 7) is 3.46. The van der Waals surface area contributed by atoms with Crippen molar-refractivity contribution in [3.8, 4) is 0 Å². The average molecular weight is 231 g/mol. The van der Waals surface area contributed by atoms with E-state index in [2.05, 4.69) is 16.6 Å². The number of ether oxygens (including phenoxy) is 1. The molecule has 82 valence electrons. The van der Waals surface area contributed by atoms with Gasteiger partial charge in [-0.25, -0.2) is 4.79 Å². The van der Waals surface area contributed by atoms with Gasteiger partial charge in [-0.2, -0.15) is 0 Å². The monoisotopic (exact) mass is 230 g/mol. The van der Waals surface area contributed by atoms with Gasteiger partial charge in [0.15, 0.2) is 0 Å². The molecule has 0 radical (unpaired) electrons. The molecule has 0 saturated carbocycles. The molecule has 5 nitrogen and oxygen atoms in total. The minimum atomic E-state index is -0.995. The van der Waals surface area contributed by atoms with E-state index in [1.807, 2.05) is 0 Å². The molecule has 1 amide bonds. The molecule has 0 spiro atoms. The maximum atomic E-state index is 10.9. The topological polar surface area (TPSA) is 81.4 Å². The smallest absolute Gasteiger partial charge is 0.396 e. The molecule has 0 bridgehead atoms. The summed E-state index contributed by atoms with van der Waals surface area (Å²) in [7, 11) is 1.11. The van der Waals surface area contributed by atoms with Gasteiger partial charge in [0.2, 0.25) is 0 Å². The lowest BCUT2D eigenvalue weighted by Gasteiger charge is -2.01. The van der Waals surface area contributed by atoms with Gasteiger partial charge in [-0.3, -0.25) is 4.79 Å². The third-order valence-corrected chi connectivity index (χ3v) is 1.50. The molecule has 0 aliphatic rings. The van der Waals surface area contributed by atoms with E-state index in [4.69, 9.17) is 17.3 Å². The van der Waals surface area contributed by atoms with Gasteiger partial charge >= 0.3 is 11.9 Å². The second kappa shape index (κ2) is 6.67. The van der Waals surface area contributed by atoms with Crippen molar-refractivity contribution in [1.29, 1.82) is 0 Å². The summed E-state index contributed by atoms with van der Waals surface area (Å²) in [4.78, 5) is 21.6. The number of allylic oxidation sites excluding steroid dienone is 3. The molecule has 0 aromatic carbocycles. The van der Waals surface area contributed by atoms with Crippen molar-refractivity contribution in [1.82, 2.24) is 5.32 Å². The van der Waals surface area contributed by atoms with E-state index < -0.39 is 11.9 Å². The molecule has 0 unspecified atom stereocenters. The zero-order valence-corrected chi connectivity index (χ0v) is 8.88. The molecule has 15 heavy (non-hydrogen) atoms. The lowest BCUT2D eigenvalue weighted by Crippen LogP contribution is -2.30. The molecule has 0 aromatic rings. The Labute approximate surface area is 92.2 Å². The molecule has 0 saturated heterocycles. The van der Waals surface area contributed by atoms with E-state index in [0.29, 0.717) is 0 Å². The second-order valence-corrected chi connectivity index (χ2v) is 2.79. The van der Waals surface area contributed by atoms with Crippen molar-refractivity contribution in [3.63, 3.8) is 0 Å². The van der Waals surface area contributed by atoms with Crippen LogP contribution >= 0.6 is 11.6 Å². The van der Waals surface area contributed by atoms with Crippen molar-refractivity contribution >= 4 is 23.5 Å². The zero-order valence-electron chi connectivity index (χ0n) is 8.12. The Morgan fingerprint density at radius 1 is 1.47 bits per heavy atom. The number of esters is 1. The maximum absolute atomic E-state index is 10.9. The minimum Gasteiger partial charge on any atom is -0.462 e. The van der Waals surface area contributed by atoms with Crippen LogP contribution in [0.15, 0.2) is 35.7 Å². The van der Waals surface area contributed by atoms with Crippen molar-refractivity contribution in [3.05, 3.63) is 35.7 Å². The number of hydrogen-bond acceptors (Lipinski definition) is 4. The van der Waals surface area contributed by atoms with Crippen LogP contribution in [0.5, 0.6) is 0 Å². The molecule has 6 heteroatoms. The summed E-state index contributed by atoms with van der Waals surface area (Å²) in [5.74, 6) is -1.90. The summed E-state index contributed by atoms with van der Waals surface area (Å²) in [5.41, 5.74) is 5.29. The summed E-state index contributed by atoms with van der Waals surface area (Å²) in [6.07, 6.45) is 3.99. The highest BCUT2D eigenvalue weighted by Gasteiger charge is 2.12. The average Bonchev–Trinajstić information content (AvgIpc) is 2.24. The van der Waals surface area contributed by atoms with Crippen molar-refractivity contribution in [2.24, 2.45) is 5.73 Å². The van der Waals surface area contributed by atoms with E-state index >= 15 is 0 Å². The Kier molecular flexibility index (Phi) is 5.89. The molecule has 0 fully saturated rings. The van der Waals surface area contributed by atoms with E-state index in [1.165, 1.54) is 18.4 Å². The van der Waals surface area contributed by atoms with Crippen LogP contribution in [0.25, 0.3) is 0 Å². The van der Waals surface area contributed by atoms with E-state index in [0.717, 1.165) is 7.11 Å². The summed E-state index contributed by atoms with van der Waals surface area (Å²) in [5, 5.41) is 2.47. The lowest BCUT2D eigenvalue weighted by atomic mass is 10.4. The van der Waals surface area contributed by atoms with E-state index in [-0.39, 0.29) is 10.7 Å². The number of nitrogens with two attached hydrogens (primary N) is 1. The van der Waals surface area contributed by atoms with Crippen LogP contribution in [-0.2, 0) is 14.3 Å². The Balaban J connectivity index is 4.22. The van der Waals surface area contributed by atoms with Gasteiger partial charge < -0.3 is 15.8 Å². The van der Waals surface area contributed by atoms with Gasteiger partial charge in [0, 0.05) is 11.9 Å². The van der Waals surface area contributed by atoms with Crippen LogP contribution in [0.1, 0.15) is 0 Å². The Morgan fingerprint density at radius 3 is 2.53 bits per heavy atom. The largest absolute Gasteiger partial charge is 0.462 e. The van der Waals surface area contributed by atoms with Crippen LogP contribution in [0.3, 0.4) is 0 Å². The number of halogens is 1. The maximum Gasteiger partial charge on any atom is 0.396 e. The van der Waals surface area contributed by atoms with Crippen LogP contribution in [0.2, 0.25) is 0 Å². The zero-order chi connectivity index (χ0) is 11.8. The van der Waals surface area contributed by atoms with Crippen LogP contribution in [0.4, 0.5) is 0 Å². The third-order valence-electron chi connectivity index (χ3n) is 1.25. The molecule has 0 aliphatic heterocycles. The molecule has 0 aromatic heterocycles. The van der Waals surface area contributed by atoms with Crippen LogP contribution < -0.4 is 11.1 Å². The first-order chi connectivity index (χ1) is 7.01. The molecule has 0 aliphatic carbocycles. The van der Waals surface area contributed by atoms with Crippen molar-refractivity contribution < 1.29 is 14.3 Å². The quantitative estimate of drug-likeness (QED) is 0.417. The molecular weight excluding hydrogens is 220 g/mol. The van der Waals surface area contributed by atoms with Gasteiger partial charge in [0.25, 0.3) is 0 Å². The number of carbonyl (C=O) groups is 2. The van der Waals surface area contributed by atoms with Gasteiger partial charge in [0.05, 0.1) is 12.1 Å². The van der Waals surface area contributed by atoms with Gasteiger partial charge in [-0.15, -0.1) is 0 Å². The molecule has 3 N–H and O–H groups in total. The van der Waals surface area contributed by atoms with Gasteiger partial charge in [-0.05, 0) is 12.2 Å². The first-order valence-electron chi connectivity index (χ1n) is 3.85. The standard InChI is InChI=1S/C9H11ClN2O3/c1-6(3-4-7(10)5-11)12-8(13)9(14)15-2/h3-5H,1,11H2,2H3,(H,12,13)/b4-3-,7-5+. The number of hydrogen-bond donors (Lipinski definition) is 2. The normalized spacial score (nSPS) is 11.2. The fourth-order valence-electron chi connectivity index (χ4n) is 0.567. The number of rotatable bonds is 3. The van der Waals surface area contributed by atoms with Crippen molar-refractivity contribution in [2.45, 2.75) is 0 Å². The highest BCUT2D eigenvalue weighted by atomic mass is 35.5. The summed E-state index contributed by atoms with van der Waals surface area (Å²) >= 11 is 5.54. The predicted octanol–water partition coefficient (Wildman–Crippen LogP) is 0.384. The summed E-state index contributed by atoms with van der Waals surface area (Å²) in [6, 6.07) is 0. The molecule has 0 rings (SSSR count). The number of carbonyl (C=O) groups excluding carboxylic acids is 2. The molecule has 0 atom stereocenters.